The second kappa shape index (κ2) is 25.8. The third-order valence-electron chi connectivity index (χ3n) is 7.59. The van der Waals surface area contributed by atoms with E-state index in [4.69, 9.17) is 19.4 Å². The number of amides is 7. The molecular formula is C37H49N9O9S2. The first-order valence-electron chi connectivity index (χ1n) is 17.9. The number of hydrogen-bond donors (Lipinski definition) is 7. The van der Waals surface area contributed by atoms with Crippen LogP contribution in [0.4, 0.5) is 5.69 Å². The highest BCUT2D eigenvalue weighted by molar-refractivity contribution is 7.98. The summed E-state index contributed by atoms with van der Waals surface area (Å²) in [4.78, 5) is 94.0. The number of ether oxygens (including phenoxy) is 2. The Morgan fingerprint density at radius 2 is 1.05 bits per heavy atom. The molecule has 57 heavy (non-hydrogen) atoms. The molecule has 1 aromatic heterocycles. The van der Waals surface area contributed by atoms with Crippen molar-refractivity contribution < 1.29 is 43.0 Å². The van der Waals surface area contributed by atoms with E-state index in [1.54, 1.807) is 53.9 Å². The molecule has 20 heteroatoms. The van der Waals surface area contributed by atoms with Gasteiger partial charge in [0.15, 0.2) is 0 Å². The number of aryl methyl sites for hydroxylation is 1. The molecule has 18 nitrogen and oxygen atoms in total. The van der Waals surface area contributed by atoms with E-state index in [1.165, 1.54) is 0 Å². The molecule has 0 bridgehead atoms. The monoisotopic (exact) mass is 827 g/mol. The Hall–Kier alpha value is -5.31. The molecule has 2 aromatic carbocycles. The summed E-state index contributed by atoms with van der Waals surface area (Å²) in [7, 11) is 0. The second-order valence-corrected chi connectivity index (χ2v) is 13.9. The average molecular weight is 828 g/mol. The van der Waals surface area contributed by atoms with Crippen molar-refractivity contribution in [3.8, 4) is 0 Å². The number of rotatable bonds is 25. The van der Waals surface area contributed by atoms with Gasteiger partial charge in [-0.15, -0.1) is 0 Å². The fourth-order valence-electron chi connectivity index (χ4n) is 4.67. The smallest absolute Gasteiger partial charge is 0.251 e. The third-order valence-corrected chi connectivity index (χ3v) is 8.71. The maximum atomic E-state index is 12.7. The van der Waals surface area contributed by atoms with Crippen molar-refractivity contribution in [2.45, 2.75) is 24.9 Å². The van der Waals surface area contributed by atoms with Crippen LogP contribution < -0.4 is 37.2 Å². The van der Waals surface area contributed by atoms with Gasteiger partial charge in [-0.05, 0) is 49.8 Å². The zero-order chi connectivity index (χ0) is 41.4. The van der Waals surface area contributed by atoms with Crippen LogP contribution >= 0.6 is 23.5 Å². The van der Waals surface area contributed by atoms with Crippen LogP contribution in [-0.2, 0) is 49.7 Å². The Morgan fingerprint density at radius 1 is 0.561 bits per heavy atom. The number of hydrogen-bond acceptors (Lipinski definition) is 13. The molecule has 0 unspecified atom stereocenters. The van der Waals surface area contributed by atoms with Crippen molar-refractivity contribution in [3.63, 3.8) is 0 Å². The van der Waals surface area contributed by atoms with Gasteiger partial charge in [-0.2, -0.15) is 23.5 Å². The fourth-order valence-corrected chi connectivity index (χ4v) is 5.68. The Bertz CT molecular complexity index is 1850. The van der Waals surface area contributed by atoms with Crippen molar-refractivity contribution in [1.29, 1.82) is 0 Å². The van der Waals surface area contributed by atoms with Gasteiger partial charge in [0, 0.05) is 35.7 Å². The second-order valence-electron chi connectivity index (χ2n) is 12.2. The molecule has 3 aromatic rings. The molecule has 0 aliphatic rings. The van der Waals surface area contributed by atoms with Gasteiger partial charge in [-0.1, -0.05) is 17.7 Å². The van der Waals surface area contributed by atoms with E-state index >= 15 is 0 Å². The molecule has 0 aliphatic carbocycles. The molecule has 308 valence electrons. The first-order valence-corrected chi connectivity index (χ1v) is 20.7. The molecule has 1 heterocycles. The van der Waals surface area contributed by atoms with Crippen molar-refractivity contribution >= 4 is 81.6 Å². The van der Waals surface area contributed by atoms with E-state index in [1.807, 2.05) is 31.6 Å². The number of benzene rings is 2. The molecule has 0 saturated carbocycles. The lowest BCUT2D eigenvalue weighted by atomic mass is 10.1. The fraction of sp³-hybridized carbons (Fsp3) is 0.432. The summed E-state index contributed by atoms with van der Waals surface area (Å²) in [6.45, 7) is 1.05. The maximum absolute atomic E-state index is 12.7. The molecule has 7 amide bonds. The van der Waals surface area contributed by atoms with Crippen LogP contribution in [0.25, 0.3) is 11.0 Å². The highest BCUT2D eigenvalue weighted by atomic mass is 32.2. The summed E-state index contributed by atoms with van der Waals surface area (Å²) in [6.07, 6.45) is 4.02. The molecule has 0 aliphatic heterocycles. The summed E-state index contributed by atoms with van der Waals surface area (Å²) < 4.78 is 10.9. The molecule has 0 atom stereocenters. The van der Waals surface area contributed by atoms with Gasteiger partial charge >= 0.3 is 0 Å². The number of fused-ring (bicyclic) bond motifs is 1. The molecule has 0 fully saturated rings. The summed E-state index contributed by atoms with van der Waals surface area (Å²) in [5.74, 6) is -2.16. The standard InChI is InChI=1S/C37H49N9O9S2/c1-24-4-7-26(8-5-24)44-36(52)21-43-35(51)20-42-34(50)19-41-33(49)18-40-32(48)17-39-31(47)10-12-54-14-15-55-13-11-38-37(53)25-6-9-27-28(16-25)46-30(23-57-3)29(45-27)22-56-2/h4-9,16H,10-15,17-23H2,1-3H3,(H,38,53)(H,39,47)(H,40,48)(H,41,49)(H,42,50)(H,43,51)(H,44,52). The molecule has 0 spiro atoms. The van der Waals surface area contributed by atoms with Gasteiger partial charge in [-0.3, -0.25) is 33.6 Å². The van der Waals surface area contributed by atoms with Gasteiger partial charge < -0.3 is 46.7 Å². The first kappa shape index (κ1) is 46.1. The molecule has 3 rings (SSSR count). The number of carbonyl (C=O) groups excluding carboxylic acids is 7. The molecule has 0 saturated heterocycles. The number of aromatic nitrogens is 2. The quantitative estimate of drug-likeness (QED) is 0.0559. The lowest BCUT2D eigenvalue weighted by molar-refractivity contribution is -0.129. The van der Waals surface area contributed by atoms with E-state index in [0.29, 0.717) is 16.8 Å². The van der Waals surface area contributed by atoms with Gasteiger partial charge in [0.2, 0.25) is 35.4 Å². The zero-order valence-corrected chi connectivity index (χ0v) is 33.8. The summed E-state index contributed by atoms with van der Waals surface area (Å²) in [5, 5.41) is 17.1. The van der Waals surface area contributed by atoms with Crippen LogP contribution in [0, 0.1) is 6.92 Å². The van der Waals surface area contributed by atoms with Crippen LogP contribution in [0.15, 0.2) is 42.5 Å². The van der Waals surface area contributed by atoms with Gasteiger partial charge in [0.25, 0.3) is 5.91 Å². The average Bonchev–Trinajstić information content (AvgIpc) is 3.20. The minimum atomic E-state index is -0.666. The Balaban J connectivity index is 1.15. The molecule has 7 N–H and O–H groups in total. The summed E-state index contributed by atoms with van der Waals surface area (Å²) in [5.41, 5.74) is 5.39. The number of nitrogens with zero attached hydrogens (tertiary/aromatic N) is 2. The third kappa shape index (κ3) is 18.5. The summed E-state index contributed by atoms with van der Waals surface area (Å²) in [6, 6.07) is 12.4. The van der Waals surface area contributed by atoms with Crippen molar-refractivity contribution in [2.75, 3.05) is 83.5 Å². The largest absolute Gasteiger partial charge is 0.379 e. The summed E-state index contributed by atoms with van der Waals surface area (Å²) >= 11 is 3.36. The minimum Gasteiger partial charge on any atom is -0.379 e. The SMILES string of the molecule is CSCc1nc2ccc(C(=O)NCCOCCOCCC(=O)NCC(=O)NCC(=O)NCC(=O)NCC(=O)NCC(=O)Nc3ccc(C)cc3)cc2nc1CSC. The van der Waals surface area contributed by atoms with Crippen LogP contribution in [0.5, 0.6) is 0 Å². The normalized spacial score (nSPS) is 10.6. The lowest BCUT2D eigenvalue weighted by Crippen LogP contribution is -2.46. The number of nitrogens with one attached hydrogen (secondary N) is 7. The number of carbonyl (C=O) groups is 7. The van der Waals surface area contributed by atoms with E-state index in [2.05, 4.69) is 37.2 Å². The van der Waals surface area contributed by atoms with E-state index in [0.717, 1.165) is 34.0 Å². The lowest BCUT2D eigenvalue weighted by Gasteiger charge is -2.10. The first-order chi connectivity index (χ1) is 27.5. The maximum Gasteiger partial charge on any atom is 0.251 e. The van der Waals surface area contributed by atoms with Crippen LogP contribution in [0.1, 0.15) is 33.7 Å². The highest BCUT2D eigenvalue weighted by Gasteiger charge is 2.13. The van der Waals surface area contributed by atoms with Crippen LogP contribution in [0.2, 0.25) is 0 Å². The number of anilines is 1. The van der Waals surface area contributed by atoms with Gasteiger partial charge in [0.05, 0.1) is 81.6 Å². The van der Waals surface area contributed by atoms with Gasteiger partial charge in [-0.25, -0.2) is 9.97 Å². The Labute approximate surface area is 338 Å². The molecular weight excluding hydrogens is 779 g/mol. The van der Waals surface area contributed by atoms with Gasteiger partial charge in [0.1, 0.15) is 0 Å². The van der Waals surface area contributed by atoms with E-state index in [-0.39, 0.29) is 58.4 Å². The van der Waals surface area contributed by atoms with Crippen LogP contribution in [-0.4, -0.2) is 130 Å². The number of thioether (sulfide) groups is 2. The predicted molar refractivity (Wildman–Crippen MR) is 217 cm³/mol. The van der Waals surface area contributed by atoms with E-state index < -0.39 is 55.1 Å². The van der Waals surface area contributed by atoms with Crippen LogP contribution in [0.3, 0.4) is 0 Å². The Kier molecular flexibility index (Phi) is 20.8. The highest BCUT2D eigenvalue weighted by Crippen LogP contribution is 2.21. The zero-order valence-electron chi connectivity index (χ0n) is 32.1. The topological polar surface area (TPSA) is 248 Å². The Morgan fingerprint density at radius 3 is 1.60 bits per heavy atom. The van der Waals surface area contributed by atoms with Crippen molar-refractivity contribution in [2.24, 2.45) is 0 Å². The van der Waals surface area contributed by atoms with E-state index in [9.17, 15) is 33.6 Å². The van der Waals surface area contributed by atoms with Crippen molar-refractivity contribution in [3.05, 3.63) is 65.0 Å². The van der Waals surface area contributed by atoms with Crippen molar-refractivity contribution in [1.82, 2.24) is 41.9 Å². The molecule has 0 radical (unpaired) electrons. The minimum absolute atomic E-state index is 0.00856. The predicted octanol–water partition coefficient (Wildman–Crippen LogP) is 0.0370.